The molecule has 0 spiro atoms. The number of carbonyl (C=O) groups is 1. The van der Waals surface area contributed by atoms with Crippen molar-refractivity contribution in [3.63, 3.8) is 0 Å². The van der Waals surface area contributed by atoms with E-state index in [1.807, 2.05) is 26.0 Å². The summed E-state index contributed by atoms with van der Waals surface area (Å²) in [6, 6.07) is 3.67. The van der Waals surface area contributed by atoms with E-state index in [4.69, 9.17) is 27.9 Å². The first-order chi connectivity index (χ1) is 9.92. The van der Waals surface area contributed by atoms with Crippen molar-refractivity contribution in [1.29, 1.82) is 0 Å². The van der Waals surface area contributed by atoms with E-state index in [0.717, 1.165) is 16.9 Å². The summed E-state index contributed by atoms with van der Waals surface area (Å²) >= 11 is 11.5. The Bertz CT molecular complexity index is 682. The van der Waals surface area contributed by atoms with E-state index < -0.39 is 5.91 Å². The molecule has 0 saturated heterocycles. The number of carbonyl (C=O) groups excluding carboxylic acids is 1. The van der Waals surface area contributed by atoms with E-state index in [1.54, 1.807) is 7.11 Å². The Morgan fingerprint density at radius 2 is 1.86 bits per heavy atom. The molecule has 0 atom stereocenters. The summed E-state index contributed by atoms with van der Waals surface area (Å²) in [5, 5.41) is 2.81. The molecule has 0 bridgehead atoms. The van der Waals surface area contributed by atoms with Crippen molar-refractivity contribution >= 4 is 34.8 Å². The van der Waals surface area contributed by atoms with Gasteiger partial charge in [0, 0.05) is 11.9 Å². The molecule has 0 fully saturated rings. The molecule has 1 aromatic heterocycles. The summed E-state index contributed by atoms with van der Waals surface area (Å²) in [5.41, 5.74) is 2.62. The average molecular weight is 326 g/mol. The lowest BCUT2D eigenvalue weighted by atomic mass is 10.1. The molecule has 7 heteroatoms. The molecule has 0 saturated carbocycles. The number of hydrogen-bond acceptors (Lipinski definition) is 4. The highest BCUT2D eigenvalue weighted by Gasteiger charge is 2.15. The molecule has 110 valence electrons. The third kappa shape index (κ3) is 3.43. The highest BCUT2D eigenvalue weighted by Crippen LogP contribution is 2.27. The quantitative estimate of drug-likeness (QED) is 0.690. The van der Waals surface area contributed by atoms with E-state index in [1.165, 1.54) is 6.20 Å². The van der Waals surface area contributed by atoms with Crippen molar-refractivity contribution < 1.29 is 9.53 Å². The van der Waals surface area contributed by atoms with E-state index in [0.29, 0.717) is 5.69 Å². The SMILES string of the molecule is COc1cc(C)c(NC(=O)c2cnc(Cl)nc2Cl)c(C)c1. The Kier molecular flexibility index (Phi) is 4.65. The number of benzene rings is 1. The third-order valence-corrected chi connectivity index (χ3v) is 3.41. The van der Waals surface area contributed by atoms with Crippen LogP contribution >= 0.6 is 23.2 Å². The van der Waals surface area contributed by atoms with Gasteiger partial charge in [0.2, 0.25) is 5.28 Å². The van der Waals surface area contributed by atoms with Crippen LogP contribution in [0.25, 0.3) is 0 Å². The first-order valence-electron chi connectivity index (χ1n) is 6.07. The molecular formula is C14H13Cl2N3O2. The standard InChI is InChI=1S/C14H13Cl2N3O2/c1-7-4-9(21-3)5-8(2)11(7)18-13(20)10-6-17-14(16)19-12(10)15/h4-6H,1-3H3,(H,18,20). The van der Waals surface area contributed by atoms with Gasteiger partial charge in [0.25, 0.3) is 5.91 Å². The van der Waals surface area contributed by atoms with Gasteiger partial charge < -0.3 is 10.1 Å². The van der Waals surface area contributed by atoms with Crippen LogP contribution in [0, 0.1) is 13.8 Å². The maximum absolute atomic E-state index is 12.3. The fraction of sp³-hybridized carbons (Fsp3) is 0.214. The maximum Gasteiger partial charge on any atom is 0.260 e. The number of methoxy groups -OCH3 is 1. The van der Waals surface area contributed by atoms with Crippen molar-refractivity contribution in [2.24, 2.45) is 0 Å². The van der Waals surface area contributed by atoms with Crippen molar-refractivity contribution in [3.05, 3.63) is 45.5 Å². The van der Waals surface area contributed by atoms with Crippen molar-refractivity contribution in [1.82, 2.24) is 9.97 Å². The first-order valence-corrected chi connectivity index (χ1v) is 6.82. The molecule has 1 aromatic carbocycles. The van der Waals surface area contributed by atoms with Gasteiger partial charge in [-0.05, 0) is 48.7 Å². The number of nitrogens with one attached hydrogen (secondary N) is 1. The molecule has 5 nitrogen and oxygen atoms in total. The Morgan fingerprint density at radius 1 is 1.24 bits per heavy atom. The minimum absolute atomic E-state index is 0.00615. The van der Waals surface area contributed by atoms with E-state index in [2.05, 4.69) is 15.3 Å². The minimum Gasteiger partial charge on any atom is -0.497 e. The number of ether oxygens (including phenoxy) is 1. The molecule has 1 N–H and O–H groups in total. The van der Waals surface area contributed by atoms with Crippen LogP contribution < -0.4 is 10.1 Å². The van der Waals surface area contributed by atoms with E-state index in [-0.39, 0.29) is 16.0 Å². The second-order valence-corrected chi connectivity index (χ2v) is 5.13. The summed E-state index contributed by atoms with van der Waals surface area (Å²) in [4.78, 5) is 19.8. The van der Waals surface area contributed by atoms with Crippen LogP contribution in [0.1, 0.15) is 21.5 Å². The highest BCUT2D eigenvalue weighted by atomic mass is 35.5. The smallest absolute Gasteiger partial charge is 0.260 e. The molecular weight excluding hydrogens is 313 g/mol. The zero-order valence-electron chi connectivity index (χ0n) is 11.7. The number of halogens is 2. The zero-order valence-corrected chi connectivity index (χ0v) is 13.2. The van der Waals surface area contributed by atoms with Crippen molar-refractivity contribution in [2.45, 2.75) is 13.8 Å². The Labute approximate surface area is 132 Å². The van der Waals surface area contributed by atoms with Crippen LogP contribution in [0.4, 0.5) is 5.69 Å². The number of aryl methyl sites for hydroxylation is 2. The topological polar surface area (TPSA) is 64.1 Å². The molecule has 0 aliphatic rings. The van der Waals surface area contributed by atoms with Gasteiger partial charge in [-0.25, -0.2) is 9.97 Å². The Morgan fingerprint density at radius 3 is 2.38 bits per heavy atom. The van der Waals surface area contributed by atoms with Crippen LogP contribution in [0.3, 0.4) is 0 Å². The summed E-state index contributed by atoms with van der Waals surface area (Å²) in [7, 11) is 1.59. The van der Waals surface area contributed by atoms with Crippen LogP contribution in [0.2, 0.25) is 10.4 Å². The number of aromatic nitrogens is 2. The van der Waals surface area contributed by atoms with Crippen molar-refractivity contribution in [2.75, 3.05) is 12.4 Å². The lowest BCUT2D eigenvalue weighted by Gasteiger charge is -2.13. The normalized spacial score (nSPS) is 10.3. The lowest BCUT2D eigenvalue weighted by molar-refractivity contribution is 0.102. The Hall–Kier alpha value is -1.85. The largest absolute Gasteiger partial charge is 0.497 e. The predicted octanol–water partition coefficient (Wildman–Crippen LogP) is 3.66. The molecule has 2 rings (SSSR count). The molecule has 1 heterocycles. The first kappa shape index (κ1) is 15.5. The number of hydrogen-bond donors (Lipinski definition) is 1. The predicted molar refractivity (Wildman–Crippen MR) is 82.5 cm³/mol. The second-order valence-electron chi connectivity index (χ2n) is 4.43. The van der Waals surface area contributed by atoms with Gasteiger partial charge in [-0.2, -0.15) is 0 Å². The van der Waals surface area contributed by atoms with Gasteiger partial charge in [0.15, 0.2) is 0 Å². The van der Waals surface area contributed by atoms with Crippen LogP contribution in [0.15, 0.2) is 18.3 Å². The molecule has 2 aromatic rings. The van der Waals surface area contributed by atoms with Crippen LogP contribution in [0.5, 0.6) is 5.75 Å². The third-order valence-electron chi connectivity index (χ3n) is 2.94. The van der Waals surface area contributed by atoms with Crippen LogP contribution in [-0.2, 0) is 0 Å². The van der Waals surface area contributed by atoms with Gasteiger partial charge in [-0.15, -0.1) is 0 Å². The molecule has 0 aliphatic carbocycles. The van der Waals surface area contributed by atoms with Gasteiger partial charge in [0.05, 0.1) is 12.7 Å². The number of anilines is 1. The van der Waals surface area contributed by atoms with Gasteiger partial charge in [-0.1, -0.05) is 11.6 Å². The summed E-state index contributed by atoms with van der Waals surface area (Å²) in [5.74, 6) is 0.337. The fourth-order valence-corrected chi connectivity index (χ4v) is 2.30. The molecule has 1 amide bonds. The second kappa shape index (κ2) is 6.28. The fourth-order valence-electron chi connectivity index (χ4n) is 1.91. The van der Waals surface area contributed by atoms with E-state index >= 15 is 0 Å². The Balaban J connectivity index is 2.32. The van der Waals surface area contributed by atoms with Gasteiger partial charge in [0.1, 0.15) is 10.9 Å². The number of amides is 1. The molecule has 0 aliphatic heterocycles. The lowest BCUT2D eigenvalue weighted by Crippen LogP contribution is -2.15. The van der Waals surface area contributed by atoms with Crippen molar-refractivity contribution in [3.8, 4) is 5.75 Å². The van der Waals surface area contributed by atoms with Gasteiger partial charge in [-0.3, -0.25) is 4.79 Å². The summed E-state index contributed by atoms with van der Waals surface area (Å²) in [6.45, 7) is 3.76. The van der Waals surface area contributed by atoms with Crippen LogP contribution in [-0.4, -0.2) is 23.0 Å². The number of nitrogens with zero attached hydrogens (tertiary/aromatic N) is 2. The molecule has 21 heavy (non-hydrogen) atoms. The molecule has 0 unspecified atom stereocenters. The van der Waals surface area contributed by atoms with Gasteiger partial charge >= 0.3 is 0 Å². The summed E-state index contributed by atoms with van der Waals surface area (Å²) < 4.78 is 5.18. The highest BCUT2D eigenvalue weighted by molar-refractivity contribution is 6.34. The zero-order chi connectivity index (χ0) is 15.6. The minimum atomic E-state index is -0.395. The maximum atomic E-state index is 12.3. The van der Waals surface area contributed by atoms with E-state index in [9.17, 15) is 4.79 Å². The monoisotopic (exact) mass is 325 g/mol. The summed E-state index contributed by atoms with van der Waals surface area (Å²) in [6.07, 6.45) is 1.29. The molecule has 0 radical (unpaired) electrons. The average Bonchev–Trinajstić information content (AvgIpc) is 2.42. The number of rotatable bonds is 3.